The maximum atomic E-state index is 13.1. The number of unbranched alkanes of at least 4 members (excludes halogenated alkanes) is 3. The van der Waals surface area contributed by atoms with E-state index in [1.807, 2.05) is 11.8 Å². The van der Waals surface area contributed by atoms with Crippen LogP contribution in [0.4, 0.5) is 8.78 Å². The maximum Gasteiger partial charge on any atom is 0.187 e. The van der Waals surface area contributed by atoms with Crippen LogP contribution in [0.5, 0.6) is 5.75 Å². The smallest absolute Gasteiger partial charge is 0.187 e. The Bertz CT molecular complexity index is 365. The molecule has 1 aromatic rings. The summed E-state index contributed by atoms with van der Waals surface area (Å²) >= 11 is 1.86. The average molecular weight is 289 g/mol. The molecule has 0 bridgehead atoms. The van der Waals surface area contributed by atoms with E-state index in [-0.39, 0.29) is 0 Å². The second-order valence-electron chi connectivity index (χ2n) is 4.49. The molecule has 2 nitrogen and oxygen atoms in total. The summed E-state index contributed by atoms with van der Waals surface area (Å²) in [7, 11) is 0. The summed E-state index contributed by atoms with van der Waals surface area (Å²) in [6.07, 6.45) is 6.82. The number of hydrogen-bond donors (Lipinski definition) is 2. The Morgan fingerprint density at radius 3 is 2.37 bits per heavy atom. The summed E-state index contributed by atoms with van der Waals surface area (Å²) in [6, 6.07) is 2.31. The molecule has 0 saturated carbocycles. The summed E-state index contributed by atoms with van der Waals surface area (Å²) in [5, 5.41) is 12.1. The second-order valence-corrected chi connectivity index (χ2v) is 5.48. The quantitative estimate of drug-likeness (QED) is 0.680. The molecule has 0 aromatic heterocycles. The van der Waals surface area contributed by atoms with E-state index in [2.05, 4.69) is 11.6 Å². The van der Waals surface area contributed by atoms with E-state index in [1.165, 1.54) is 25.0 Å². The zero-order valence-corrected chi connectivity index (χ0v) is 12.0. The Labute approximate surface area is 117 Å². The van der Waals surface area contributed by atoms with E-state index < -0.39 is 17.4 Å². The third-order valence-electron chi connectivity index (χ3n) is 2.86. The van der Waals surface area contributed by atoms with Crippen LogP contribution in [0.25, 0.3) is 0 Å². The molecule has 0 fully saturated rings. The molecule has 0 atom stereocenters. The van der Waals surface area contributed by atoms with Crippen molar-refractivity contribution in [3.63, 3.8) is 0 Å². The lowest BCUT2D eigenvalue weighted by atomic mass is 10.2. The molecule has 2 N–H and O–H groups in total. The van der Waals surface area contributed by atoms with Gasteiger partial charge in [0.2, 0.25) is 0 Å². The fraction of sp³-hybridized carbons (Fsp3) is 0.571. The molecule has 0 radical (unpaired) electrons. The van der Waals surface area contributed by atoms with Crippen molar-refractivity contribution in [3.8, 4) is 5.75 Å². The highest BCUT2D eigenvalue weighted by Crippen LogP contribution is 2.21. The molecule has 5 heteroatoms. The monoisotopic (exact) mass is 289 g/mol. The number of halogens is 2. The molecule has 0 aliphatic rings. The SMILES string of the molecule is CSCCCCCCNCc1cc(F)c(O)c(F)c1. The van der Waals surface area contributed by atoms with Gasteiger partial charge in [-0.15, -0.1) is 0 Å². The molecule has 0 aliphatic carbocycles. The first-order valence-corrected chi connectivity index (χ1v) is 7.91. The number of aromatic hydroxyl groups is 1. The lowest BCUT2D eigenvalue weighted by molar-refractivity contribution is 0.395. The molecule has 0 heterocycles. The van der Waals surface area contributed by atoms with Crippen molar-refractivity contribution in [1.29, 1.82) is 0 Å². The lowest BCUT2D eigenvalue weighted by Gasteiger charge is -2.06. The fourth-order valence-corrected chi connectivity index (χ4v) is 2.30. The van der Waals surface area contributed by atoms with Crippen molar-refractivity contribution in [2.75, 3.05) is 18.6 Å². The molecular formula is C14H21F2NOS. The van der Waals surface area contributed by atoms with Gasteiger partial charge in [0.15, 0.2) is 17.4 Å². The number of hydrogen-bond acceptors (Lipinski definition) is 3. The molecule has 1 rings (SSSR count). The Balaban J connectivity index is 2.16. The summed E-state index contributed by atoms with van der Waals surface area (Å²) < 4.78 is 26.1. The first-order valence-electron chi connectivity index (χ1n) is 6.51. The summed E-state index contributed by atoms with van der Waals surface area (Å²) in [6.45, 7) is 1.25. The average Bonchev–Trinajstić information content (AvgIpc) is 2.39. The van der Waals surface area contributed by atoms with Crippen LogP contribution in [0, 0.1) is 11.6 Å². The number of phenolic OH excluding ortho intramolecular Hbond substituents is 1. The van der Waals surface area contributed by atoms with Crippen molar-refractivity contribution in [2.45, 2.75) is 32.2 Å². The number of nitrogens with one attached hydrogen (secondary N) is 1. The number of benzene rings is 1. The van der Waals surface area contributed by atoms with E-state index in [0.717, 1.165) is 25.1 Å². The van der Waals surface area contributed by atoms with Crippen LogP contribution < -0.4 is 5.32 Å². The Morgan fingerprint density at radius 2 is 1.74 bits per heavy atom. The largest absolute Gasteiger partial charge is 0.503 e. The predicted molar refractivity (Wildman–Crippen MR) is 76.6 cm³/mol. The van der Waals surface area contributed by atoms with E-state index in [4.69, 9.17) is 5.11 Å². The minimum absolute atomic E-state index is 0.416. The Kier molecular flexibility index (Phi) is 7.82. The first-order chi connectivity index (χ1) is 9.15. The van der Waals surface area contributed by atoms with Crippen LogP contribution in [0.15, 0.2) is 12.1 Å². The predicted octanol–water partition coefficient (Wildman–Crippen LogP) is 3.68. The molecule has 108 valence electrons. The second kappa shape index (κ2) is 9.15. The number of rotatable bonds is 9. The highest BCUT2D eigenvalue weighted by atomic mass is 32.2. The van der Waals surface area contributed by atoms with Crippen molar-refractivity contribution >= 4 is 11.8 Å². The third-order valence-corrected chi connectivity index (χ3v) is 3.55. The van der Waals surface area contributed by atoms with Crippen molar-refractivity contribution in [1.82, 2.24) is 5.32 Å². The van der Waals surface area contributed by atoms with Gasteiger partial charge < -0.3 is 10.4 Å². The van der Waals surface area contributed by atoms with Gasteiger partial charge in [0.25, 0.3) is 0 Å². The van der Waals surface area contributed by atoms with Gasteiger partial charge in [-0.05, 0) is 49.1 Å². The van der Waals surface area contributed by atoms with E-state index in [0.29, 0.717) is 12.1 Å². The minimum atomic E-state index is -0.908. The molecule has 0 saturated heterocycles. The normalized spacial score (nSPS) is 10.9. The van der Waals surface area contributed by atoms with E-state index in [9.17, 15) is 8.78 Å². The number of phenols is 1. The van der Waals surface area contributed by atoms with Gasteiger partial charge in [0.1, 0.15) is 0 Å². The zero-order chi connectivity index (χ0) is 14.1. The van der Waals surface area contributed by atoms with Crippen LogP contribution >= 0.6 is 11.8 Å². The maximum absolute atomic E-state index is 13.1. The first kappa shape index (κ1) is 16.2. The van der Waals surface area contributed by atoms with Gasteiger partial charge in [0.05, 0.1) is 0 Å². The molecular weight excluding hydrogens is 268 g/mol. The van der Waals surface area contributed by atoms with Crippen molar-refractivity contribution in [3.05, 3.63) is 29.3 Å². The van der Waals surface area contributed by atoms with Gasteiger partial charge in [-0.25, -0.2) is 8.78 Å². The molecule has 0 amide bonds. The zero-order valence-electron chi connectivity index (χ0n) is 11.2. The van der Waals surface area contributed by atoms with Gasteiger partial charge in [-0.2, -0.15) is 11.8 Å². The summed E-state index contributed by atoms with van der Waals surface area (Å²) in [4.78, 5) is 0. The standard InChI is InChI=1S/C14H21F2NOS/c1-19-7-5-3-2-4-6-17-10-11-8-12(15)14(18)13(16)9-11/h8-9,17-18H,2-7,10H2,1H3. The molecule has 0 unspecified atom stereocenters. The van der Waals surface area contributed by atoms with Crippen LogP contribution in [-0.2, 0) is 6.54 Å². The van der Waals surface area contributed by atoms with Crippen molar-refractivity contribution in [2.24, 2.45) is 0 Å². The fourth-order valence-electron chi connectivity index (χ4n) is 1.80. The van der Waals surface area contributed by atoms with Gasteiger partial charge >= 0.3 is 0 Å². The molecule has 0 aliphatic heterocycles. The topological polar surface area (TPSA) is 32.3 Å². The molecule has 0 spiro atoms. The lowest BCUT2D eigenvalue weighted by Crippen LogP contribution is -2.15. The minimum Gasteiger partial charge on any atom is -0.503 e. The van der Waals surface area contributed by atoms with Crippen LogP contribution in [-0.4, -0.2) is 23.7 Å². The summed E-state index contributed by atoms with van der Waals surface area (Å²) in [5.74, 6) is -1.51. The third kappa shape index (κ3) is 6.25. The summed E-state index contributed by atoms with van der Waals surface area (Å²) in [5.41, 5.74) is 0.509. The van der Waals surface area contributed by atoms with Gasteiger partial charge in [-0.3, -0.25) is 0 Å². The highest BCUT2D eigenvalue weighted by molar-refractivity contribution is 7.98. The number of thioether (sulfide) groups is 1. The molecule has 19 heavy (non-hydrogen) atoms. The Hall–Kier alpha value is -0.810. The van der Waals surface area contributed by atoms with Gasteiger partial charge in [-0.1, -0.05) is 12.8 Å². The van der Waals surface area contributed by atoms with Gasteiger partial charge in [0, 0.05) is 6.54 Å². The Morgan fingerprint density at radius 1 is 1.11 bits per heavy atom. The highest BCUT2D eigenvalue weighted by Gasteiger charge is 2.08. The van der Waals surface area contributed by atoms with E-state index >= 15 is 0 Å². The van der Waals surface area contributed by atoms with Crippen LogP contribution in [0.2, 0.25) is 0 Å². The van der Waals surface area contributed by atoms with Crippen LogP contribution in [0.3, 0.4) is 0 Å². The van der Waals surface area contributed by atoms with E-state index in [1.54, 1.807) is 0 Å². The van der Waals surface area contributed by atoms with Crippen molar-refractivity contribution < 1.29 is 13.9 Å². The van der Waals surface area contributed by atoms with Crippen LogP contribution in [0.1, 0.15) is 31.2 Å². The molecule has 1 aromatic carbocycles.